The summed E-state index contributed by atoms with van der Waals surface area (Å²) in [6, 6.07) is 18.3. The second-order valence-electron chi connectivity index (χ2n) is 6.25. The molecular weight excluding hydrogens is 366 g/mol. The number of aromatic nitrogens is 4. The first kappa shape index (κ1) is 16.5. The summed E-state index contributed by atoms with van der Waals surface area (Å²) in [6.07, 6.45) is 7.36. The first-order chi connectivity index (χ1) is 13.8. The molecule has 0 radical (unpaired) electrons. The number of anilines is 2. The summed E-state index contributed by atoms with van der Waals surface area (Å²) in [6.45, 7) is 0. The third kappa shape index (κ3) is 3.33. The molecule has 0 saturated carbocycles. The minimum atomic E-state index is 0.747. The van der Waals surface area contributed by atoms with Gasteiger partial charge in [0.1, 0.15) is 12.1 Å². The van der Waals surface area contributed by atoms with Gasteiger partial charge in [-0.25, -0.2) is 15.0 Å². The van der Waals surface area contributed by atoms with Gasteiger partial charge in [0.05, 0.1) is 33.1 Å². The predicted molar refractivity (Wildman–Crippen MR) is 116 cm³/mol. The van der Waals surface area contributed by atoms with Crippen LogP contribution < -0.4 is 5.32 Å². The molecule has 0 saturated heterocycles. The largest absolute Gasteiger partial charge is 0.340 e. The number of hydrogen-bond donors (Lipinski definition) is 1. The molecule has 5 rings (SSSR count). The van der Waals surface area contributed by atoms with E-state index in [4.69, 9.17) is 0 Å². The van der Waals surface area contributed by atoms with Crippen LogP contribution >= 0.6 is 11.3 Å². The van der Waals surface area contributed by atoms with Gasteiger partial charge in [0.15, 0.2) is 0 Å². The molecule has 5 aromatic rings. The highest BCUT2D eigenvalue weighted by atomic mass is 32.1. The number of hydrogen-bond acceptors (Lipinski definition) is 6. The molecule has 3 aromatic heterocycles. The van der Waals surface area contributed by atoms with Crippen LogP contribution in [-0.2, 0) is 0 Å². The van der Waals surface area contributed by atoms with Gasteiger partial charge in [-0.05, 0) is 35.9 Å². The van der Waals surface area contributed by atoms with Crippen molar-refractivity contribution >= 4 is 56.1 Å². The molecule has 0 aliphatic rings. The SMILES string of the molecule is C(=C\c1cc2c(Nc3ccc4scnc4c3)ncnc2cn1)/c1ccccc1. The van der Waals surface area contributed by atoms with Crippen molar-refractivity contribution in [1.82, 2.24) is 19.9 Å². The maximum Gasteiger partial charge on any atom is 0.141 e. The van der Waals surface area contributed by atoms with E-state index in [2.05, 4.69) is 43.5 Å². The number of fused-ring (bicyclic) bond motifs is 2. The average molecular weight is 381 g/mol. The van der Waals surface area contributed by atoms with E-state index in [1.807, 2.05) is 54.1 Å². The minimum absolute atomic E-state index is 0.747. The van der Waals surface area contributed by atoms with Crippen molar-refractivity contribution < 1.29 is 0 Å². The molecule has 1 N–H and O–H groups in total. The maximum atomic E-state index is 4.49. The average Bonchev–Trinajstić information content (AvgIpc) is 3.21. The van der Waals surface area contributed by atoms with Gasteiger partial charge in [0.2, 0.25) is 0 Å². The monoisotopic (exact) mass is 381 g/mol. The van der Waals surface area contributed by atoms with Crippen molar-refractivity contribution in [3.05, 3.63) is 83.9 Å². The van der Waals surface area contributed by atoms with E-state index in [1.54, 1.807) is 23.9 Å². The Labute approximate surface area is 165 Å². The highest BCUT2D eigenvalue weighted by molar-refractivity contribution is 7.16. The summed E-state index contributed by atoms with van der Waals surface area (Å²) in [5, 5.41) is 4.31. The van der Waals surface area contributed by atoms with Gasteiger partial charge in [0, 0.05) is 11.1 Å². The summed E-state index contributed by atoms with van der Waals surface area (Å²) in [4.78, 5) is 17.6. The highest BCUT2D eigenvalue weighted by Crippen LogP contribution is 2.27. The fraction of sp³-hybridized carbons (Fsp3) is 0. The molecule has 5 nitrogen and oxygen atoms in total. The first-order valence-corrected chi connectivity index (χ1v) is 9.67. The van der Waals surface area contributed by atoms with Gasteiger partial charge in [-0.1, -0.05) is 36.4 Å². The molecule has 0 aliphatic heterocycles. The van der Waals surface area contributed by atoms with Crippen LogP contribution in [0.15, 0.2) is 72.6 Å². The normalized spacial score (nSPS) is 11.4. The van der Waals surface area contributed by atoms with Crippen molar-refractivity contribution in [3.63, 3.8) is 0 Å². The van der Waals surface area contributed by atoms with E-state index in [-0.39, 0.29) is 0 Å². The minimum Gasteiger partial charge on any atom is -0.340 e. The molecule has 6 heteroatoms. The van der Waals surface area contributed by atoms with E-state index in [9.17, 15) is 0 Å². The summed E-state index contributed by atoms with van der Waals surface area (Å²) in [7, 11) is 0. The van der Waals surface area contributed by atoms with Crippen LogP contribution in [0.2, 0.25) is 0 Å². The fourth-order valence-electron chi connectivity index (χ4n) is 2.98. The summed E-state index contributed by atoms with van der Waals surface area (Å²) < 4.78 is 1.16. The Bertz CT molecular complexity index is 1290. The lowest BCUT2D eigenvalue weighted by Crippen LogP contribution is -1.97. The first-order valence-electron chi connectivity index (χ1n) is 8.79. The quantitative estimate of drug-likeness (QED) is 0.442. The lowest BCUT2D eigenvalue weighted by Gasteiger charge is -2.08. The van der Waals surface area contributed by atoms with E-state index >= 15 is 0 Å². The Morgan fingerprint density at radius 1 is 0.821 bits per heavy atom. The second kappa shape index (κ2) is 7.17. The molecule has 3 heterocycles. The van der Waals surface area contributed by atoms with Crippen LogP contribution in [0.4, 0.5) is 11.5 Å². The lowest BCUT2D eigenvalue weighted by atomic mass is 10.2. The third-order valence-corrected chi connectivity index (χ3v) is 5.19. The number of thiazole rings is 1. The summed E-state index contributed by atoms with van der Waals surface area (Å²) in [5.41, 5.74) is 6.54. The Hall–Kier alpha value is -3.64. The van der Waals surface area contributed by atoms with Gasteiger partial charge in [0.25, 0.3) is 0 Å². The lowest BCUT2D eigenvalue weighted by molar-refractivity contribution is 1.20. The highest BCUT2D eigenvalue weighted by Gasteiger charge is 2.07. The zero-order chi connectivity index (χ0) is 18.8. The number of rotatable bonds is 4. The molecule has 134 valence electrons. The zero-order valence-corrected chi connectivity index (χ0v) is 15.6. The van der Waals surface area contributed by atoms with Gasteiger partial charge < -0.3 is 5.32 Å². The van der Waals surface area contributed by atoms with E-state index < -0.39 is 0 Å². The molecule has 0 spiro atoms. The number of nitrogens with zero attached hydrogens (tertiary/aromatic N) is 4. The number of pyridine rings is 1. The topological polar surface area (TPSA) is 63.6 Å². The summed E-state index contributed by atoms with van der Waals surface area (Å²) >= 11 is 1.63. The van der Waals surface area contributed by atoms with Crippen LogP contribution in [0.25, 0.3) is 33.3 Å². The molecule has 0 atom stereocenters. The van der Waals surface area contributed by atoms with E-state index in [0.717, 1.165) is 43.9 Å². The Morgan fingerprint density at radius 3 is 2.68 bits per heavy atom. The van der Waals surface area contributed by atoms with Crippen molar-refractivity contribution in [2.75, 3.05) is 5.32 Å². The second-order valence-corrected chi connectivity index (χ2v) is 7.14. The molecule has 0 aliphatic carbocycles. The maximum absolute atomic E-state index is 4.49. The molecule has 0 fully saturated rings. The Kier molecular flexibility index (Phi) is 4.23. The van der Waals surface area contributed by atoms with Crippen molar-refractivity contribution in [2.45, 2.75) is 0 Å². The van der Waals surface area contributed by atoms with Gasteiger partial charge in [-0.3, -0.25) is 4.98 Å². The summed E-state index contributed by atoms with van der Waals surface area (Å²) in [5.74, 6) is 0.747. The zero-order valence-electron chi connectivity index (χ0n) is 14.8. The van der Waals surface area contributed by atoms with Crippen molar-refractivity contribution in [3.8, 4) is 0 Å². The fourth-order valence-corrected chi connectivity index (χ4v) is 3.64. The molecule has 0 unspecified atom stereocenters. The van der Waals surface area contributed by atoms with Gasteiger partial charge in [-0.15, -0.1) is 11.3 Å². The Morgan fingerprint density at radius 2 is 1.75 bits per heavy atom. The van der Waals surface area contributed by atoms with Gasteiger partial charge in [-0.2, -0.15) is 0 Å². The van der Waals surface area contributed by atoms with Crippen LogP contribution in [0.5, 0.6) is 0 Å². The molecule has 0 bridgehead atoms. The van der Waals surface area contributed by atoms with Crippen LogP contribution in [0, 0.1) is 0 Å². The third-order valence-electron chi connectivity index (χ3n) is 4.38. The molecule has 28 heavy (non-hydrogen) atoms. The Balaban J connectivity index is 1.50. The van der Waals surface area contributed by atoms with Gasteiger partial charge >= 0.3 is 0 Å². The number of benzene rings is 2. The van der Waals surface area contributed by atoms with Crippen LogP contribution in [0.1, 0.15) is 11.3 Å². The van der Waals surface area contributed by atoms with E-state index in [0.29, 0.717) is 0 Å². The standard InChI is InChI=1S/C22H15N5S/c1-2-4-15(5-3-1)6-7-16-10-18-20(12-23-16)24-13-25-22(18)27-17-8-9-21-19(11-17)26-14-28-21/h1-14H,(H,24,25,27)/b7-6+. The predicted octanol–water partition coefficient (Wildman–Crippen LogP) is 5.55. The van der Waals surface area contributed by atoms with Crippen LogP contribution in [0.3, 0.4) is 0 Å². The number of nitrogens with one attached hydrogen (secondary N) is 1. The van der Waals surface area contributed by atoms with E-state index in [1.165, 1.54) is 0 Å². The van der Waals surface area contributed by atoms with Crippen LogP contribution in [-0.4, -0.2) is 19.9 Å². The smallest absolute Gasteiger partial charge is 0.141 e. The molecule has 2 aromatic carbocycles. The molecule has 0 amide bonds. The van der Waals surface area contributed by atoms with Crippen molar-refractivity contribution in [2.24, 2.45) is 0 Å². The molecular formula is C22H15N5S. The van der Waals surface area contributed by atoms with Crippen molar-refractivity contribution in [1.29, 1.82) is 0 Å².